The largest absolute Gasteiger partial charge is 0.416 e. The fourth-order valence-electron chi connectivity index (χ4n) is 2.49. The standard InChI is InChI=1S/C18H14F3N3O2/c1-24-15(23-14-5-3-2-4-13(14)17(24)26)10-22-16(25)11-6-8-12(9-7-11)18(19,20)21/h2-9H,10H2,1H3,(H,22,25). The molecule has 0 spiro atoms. The van der Waals surface area contributed by atoms with Gasteiger partial charge in [0.25, 0.3) is 11.5 Å². The summed E-state index contributed by atoms with van der Waals surface area (Å²) >= 11 is 0. The van der Waals surface area contributed by atoms with Gasteiger partial charge in [0.2, 0.25) is 0 Å². The summed E-state index contributed by atoms with van der Waals surface area (Å²) in [5, 5.41) is 3.03. The Bertz CT molecular complexity index is 1020. The Balaban J connectivity index is 1.79. The fraction of sp³-hybridized carbons (Fsp3) is 0.167. The number of benzene rings is 2. The van der Waals surface area contributed by atoms with Crippen LogP contribution in [0.25, 0.3) is 10.9 Å². The highest BCUT2D eigenvalue weighted by Crippen LogP contribution is 2.29. The van der Waals surface area contributed by atoms with Gasteiger partial charge in [-0.15, -0.1) is 0 Å². The van der Waals surface area contributed by atoms with Crippen molar-refractivity contribution in [2.45, 2.75) is 12.7 Å². The zero-order valence-corrected chi connectivity index (χ0v) is 13.7. The Morgan fingerprint density at radius 2 is 1.77 bits per heavy atom. The Kier molecular flexibility index (Phi) is 4.50. The molecule has 1 aromatic heterocycles. The van der Waals surface area contributed by atoms with Gasteiger partial charge in [0.15, 0.2) is 0 Å². The molecule has 0 fully saturated rings. The van der Waals surface area contributed by atoms with Gasteiger partial charge in [-0.2, -0.15) is 13.2 Å². The number of alkyl halides is 3. The molecular weight excluding hydrogens is 347 g/mol. The second-order valence-electron chi connectivity index (χ2n) is 5.67. The average Bonchev–Trinajstić information content (AvgIpc) is 2.62. The van der Waals surface area contributed by atoms with E-state index in [9.17, 15) is 22.8 Å². The highest BCUT2D eigenvalue weighted by Gasteiger charge is 2.30. The molecule has 0 aliphatic rings. The van der Waals surface area contributed by atoms with E-state index in [0.717, 1.165) is 24.3 Å². The number of para-hydroxylation sites is 1. The zero-order chi connectivity index (χ0) is 18.9. The molecule has 0 unspecified atom stereocenters. The predicted molar refractivity (Wildman–Crippen MR) is 89.6 cm³/mol. The molecule has 0 atom stereocenters. The quantitative estimate of drug-likeness (QED) is 0.780. The van der Waals surface area contributed by atoms with Crippen LogP contribution in [0.2, 0.25) is 0 Å². The maximum atomic E-state index is 12.6. The average molecular weight is 361 g/mol. The molecule has 0 radical (unpaired) electrons. The zero-order valence-electron chi connectivity index (χ0n) is 13.7. The van der Waals surface area contributed by atoms with Crippen LogP contribution in [-0.2, 0) is 19.8 Å². The summed E-state index contributed by atoms with van der Waals surface area (Å²) in [6.45, 7) is -0.0313. The van der Waals surface area contributed by atoms with Crippen molar-refractivity contribution >= 4 is 16.8 Å². The molecule has 0 saturated heterocycles. The Labute approximate surface area is 146 Å². The first-order valence-corrected chi connectivity index (χ1v) is 7.67. The van der Waals surface area contributed by atoms with Gasteiger partial charge in [-0.25, -0.2) is 4.98 Å². The minimum Gasteiger partial charge on any atom is -0.345 e. The molecule has 1 heterocycles. The topological polar surface area (TPSA) is 64.0 Å². The van der Waals surface area contributed by atoms with Crippen LogP contribution >= 0.6 is 0 Å². The summed E-state index contributed by atoms with van der Waals surface area (Å²) in [6.07, 6.45) is -4.46. The minimum absolute atomic E-state index is 0.0313. The van der Waals surface area contributed by atoms with Crippen molar-refractivity contribution in [3.05, 3.63) is 75.8 Å². The third-order valence-electron chi connectivity index (χ3n) is 3.96. The molecule has 26 heavy (non-hydrogen) atoms. The maximum Gasteiger partial charge on any atom is 0.416 e. The summed E-state index contributed by atoms with van der Waals surface area (Å²) in [4.78, 5) is 28.8. The first-order valence-electron chi connectivity index (χ1n) is 7.67. The summed E-state index contributed by atoms with van der Waals surface area (Å²) < 4.78 is 39.0. The van der Waals surface area contributed by atoms with Crippen LogP contribution in [0.1, 0.15) is 21.7 Å². The second kappa shape index (κ2) is 6.62. The SMILES string of the molecule is Cn1c(CNC(=O)c2ccc(C(F)(F)F)cc2)nc2ccccc2c1=O. The number of carbonyl (C=O) groups excluding carboxylic acids is 1. The van der Waals surface area contributed by atoms with Crippen molar-refractivity contribution < 1.29 is 18.0 Å². The van der Waals surface area contributed by atoms with Crippen molar-refractivity contribution in [1.29, 1.82) is 0 Å². The first kappa shape index (κ1) is 17.7. The van der Waals surface area contributed by atoms with Crippen LogP contribution in [0.4, 0.5) is 13.2 Å². The lowest BCUT2D eigenvalue weighted by Crippen LogP contribution is -2.29. The highest BCUT2D eigenvalue weighted by molar-refractivity contribution is 5.94. The molecule has 1 amide bonds. The molecule has 8 heteroatoms. The summed E-state index contributed by atoms with van der Waals surface area (Å²) in [6, 6.07) is 10.7. The lowest BCUT2D eigenvalue weighted by atomic mass is 10.1. The highest BCUT2D eigenvalue weighted by atomic mass is 19.4. The van der Waals surface area contributed by atoms with Gasteiger partial charge in [-0.05, 0) is 36.4 Å². The van der Waals surface area contributed by atoms with E-state index >= 15 is 0 Å². The van der Waals surface area contributed by atoms with E-state index in [0.29, 0.717) is 16.7 Å². The predicted octanol–water partition coefficient (Wildman–Crippen LogP) is 2.88. The van der Waals surface area contributed by atoms with Gasteiger partial charge in [0, 0.05) is 12.6 Å². The molecular formula is C18H14F3N3O2. The van der Waals surface area contributed by atoms with Crippen LogP contribution in [0.15, 0.2) is 53.3 Å². The van der Waals surface area contributed by atoms with Crippen molar-refractivity contribution in [3.63, 3.8) is 0 Å². The van der Waals surface area contributed by atoms with Crippen LogP contribution in [-0.4, -0.2) is 15.5 Å². The number of carbonyl (C=O) groups is 1. The molecule has 3 rings (SSSR count). The van der Waals surface area contributed by atoms with Gasteiger partial charge in [0.1, 0.15) is 5.82 Å². The molecule has 0 aliphatic heterocycles. The Morgan fingerprint density at radius 3 is 2.42 bits per heavy atom. The number of aromatic nitrogens is 2. The second-order valence-corrected chi connectivity index (χ2v) is 5.67. The van der Waals surface area contributed by atoms with Gasteiger partial charge in [-0.3, -0.25) is 14.2 Å². The monoisotopic (exact) mass is 361 g/mol. The maximum absolute atomic E-state index is 12.6. The Morgan fingerprint density at radius 1 is 1.12 bits per heavy atom. The van der Waals surface area contributed by atoms with E-state index in [4.69, 9.17) is 0 Å². The van der Waals surface area contributed by atoms with Crippen molar-refractivity contribution in [2.75, 3.05) is 0 Å². The van der Waals surface area contributed by atoms with E-state index in [1.54, 1.807) is 31.3 Å². The third kappa shape index (κ3) is 3.44. The first-order chi connectivity index (χ1) is 12.3. The number of fused-ring (bicyclic) bond motifs is 1. The number of halogens is 3. The smallest absolute Gasteiger partial charge is 0.345 e. The number of nitrogens with one attached hydrogen (secondary N) is 1. The van der Waals surface area contributed by atoms with Gasteiger partial charge in [0.05, 0.1) is 23.0 Å². The summed E-state index contributed by atoms with van der Waals surface area (Å²) in [5.74, 6) is -0.213. The summed E-state index contributed by atoms with van der Waals surface area (Å²) in [5.41, 5.74) is -0.472. The van der Waals surface area contributed by atoms with E-state index in [2.05, 4.69) is 10.3 Å². The van der Waals surface area contributed by atoms with E-state index in [1.807, 2.05) is 0 Å². The number of hydrogen-bond donors (Lipinski definition) is 1. The van der Waals surface area contributed by atoms with Crippen LogP contribution in [0.5, 0.6) is 0 Å². The third-order valence-corrected chi connectivity index (χ3v) is 3.96. The number of nitrogens with zero attached hydrogens (tertiary/aromatic N) is 2. The summed E-state index contributed by atoms with van der Waals surface area (Å²) in [7, 11) is 1.54. The van der Waals surface area contributed by atoms with E-state index in [-0.39, 0.29) is 17.7 Å². The normalized spacial score (nSPS) is 11.5. The van der Waals surface area contributed by atoms with Crippen LogP contribution in [0, 0.1) is 0 Å². The number of rotatable bonds is 3. The number of amides is 1. The van der Waals surface area contributed by atoms with Gasteiger partial charge < -0.3 is 5.32 Å². The van der Waals surface area contributed by atoms with E-state index in [1.165, 1.54) is 4.57 Å². The fourth-order valence-corrected chi connectivity index (χ4v) is 2.49. The molecule has 0 bridgehead atoms. The van der Waals surface area contributed by atoms with Gasteiger partial charge >= 0.3 is 6.18 Å². The lowest BCUT2D eigenvalue weighted by molar-refractivity contribution is -0.137. The van der Waals surface area contributed by atoms with Crippen molar-refractivity contribution in [2.24, 2.45) is 7.05 Å². The number of hydrogen-bond acceptors (Lipinski definition) is 3. The lowest BCUT2D eigenvalue weighted by Gasteiger charge is -2.11. The molecule has 134 valence electrons. The molecule has 0 aliphatic carbocycles. The van der Waals surface area contributed by atoms with E-state index < -0.39 is 17.6 Å². The van der Waals surface area contributed by atoms with Crippen molar-refractivity contribution in [3.8, 4) is 0 Å². The van der Waals surface area contributed by atoms with Gasteiger partial charge in [-0.1, -0.05) is 12.1 Å². The van der Waals surface area contributed by atoms with Crippen molar-refractivity contribution in [1.82, 2.24) is 14.9 Å². The molecule has 1 N–H and O–H groups in total. The molecule has 2 aromatic carbocycles. The molecule has 5 nitrogen and oxygen atoms in total. The van der Waals surface area contributed by atoms with Crippen LogP contribution in [0.3, 0.4) is 0 Å². The minimum atomic E-state index is -4.46. The molecule has 3 aromatic rings. The Hall–Kier alpha value is -3.16. The molecule has 0 saturated carbocycles. The van der Waals surface area contributed by atoms with Crippen LogP contribution < -0.4 is 10.9 Å².